The molecule has 0 spiro atoms. The molecule has 1 unspecified atom stereocenters. The van der Waals surface area contributed by atoms with E-state index in [4.69, 9.17) is 18.9 Å². The fourth-order valence-corrected chi connectivity index (χ4v) is 3.66. The maximum atomic E-state index is 12.9. The van der Waals surface area contributed by atoms with Gasteiger partial charge in [0.2, 0.25) is 0 Å². The Balaban J connectivity index is 2.47. The molecule has 2 aliphatic rings. The van der Waals surface area contributed by atoms with Crippen LogP contribution in [0.2, 0.25) is 0 Å². The number of nitrogens with one attached hydrogen (secondary N) is 1. The molecule has 3 rings (SSSR count). The molecular formula is C21H22N2O8. The fourth-order valence-electron chi connectivity index (χ4n) is 3.66. The Morgan fingerprint density at radius 2 is 1.29 bits per heavy atom. The Morgan fingerprint density at radius 3 is 1.84 bits per heavy atom. The molecule has 1 aromatic carbocycles. The number of anilines is 2. The van der Waals surface area contributed by atoms with Crippen LogP contribution in [-0.2, 0) is 38.1 Å². The van der Waals surface area contributed by atoms with Crippen LogP contribution in [0, 0.1) is 13.8 Å². The lowest BCUT2D eigenvalue weighted by atomic mass is 9.90. The van der Waals surface area contributed by atoms with Gasteiger partial charge in [-0.25, -0.2) is 19.2 Å². The summed E-state index contributed by atoms with van der Waals surface area (Å²) >= 11 is 0. The second-order valence-electron chi connectivity index (χ2n) is 6.85. The van der Waals surface area contributed by atoms with Crippen LogP contribution in [0.15, 0.2) is 34.5 Å². The molecule has 10 heteroatoms. The van der Waals surface area contributed by atoms with Crippen LogP contribution in [0.1, 0.15) is 11.1 Å². The highest BCUT2D eigenvalue weighted by Gasteiger charge is 2.50. The molecule has 0 fully saturated rings. The molecule has 10 nitrogen and oxygen atoms in total. The van der Waals surface area contributed by atoms with Gasteiger partial charge in [0.05, 0.1) is 51.0 Å². The first-order valence-electron chi connectivity index (χ1n) is 9.20. The van der Waals surface area contributed by atoms with Crippen molar-refractivity contribution in [3.8, 4) is 0 Å². The molecule has 0 aromatic heterocycles. The molecule has 0 radical (unpaired) electrons. The SMILES string of the molecule is COC(=O)C1=C(C(=O)OC)C2Nc3cc(C)c(C)cc3N2C(C(=O)OC)=C1C(=O)OC. The molecule has 31 heavy (non-hydrogen) atoms. The zero-order valence-electron chi connectivity index (χ0n) is 17.9. The molecular weight excluding hydrogens is 408 g/mol. The first kappa shape index (κ1) is 21.9. The van der Waals surface area contributed by atoms with E-state index >= 15 is 0 Å². The number of ether oxygens (including phenoxy) is 4. The maximum absolute atomic E-state index is 12.9. The number of benzene rings is 1. The maximum Gasteiger partial charge on any atom is 0.355 e. The van der Waals surface area contributed by atoms with Gasteiger partial charge in [-0.15, -0.1) is 0 Å². The van der Waals surface area contributed by atoms with Crippen LogP contribution in [0.25, 0.3) is 0 Å². The highest BCUT2D eigenvalue weighted by molar-refractivity contribution is 6.19. The minimum Gasteiger partial charge on any atom is -0.466 e. The first-order valence-corrected chi connectivity index (χ1v) is 9.20. The summed E-state index contributed by atoms with van der Waals surface area (Å²) in [5.74, 6) is -3.80. The number of methoxy groups -OCH3 is 4. The summed E-state index contributed by atoms with van der Waals surface area (Å²) in [6, 6.07) is 3.63. The predicted octanol–water partition coefficient (Wildman–Crippen LogP) is 1.12. The van der Waals surface area contributed by atoms with Crippen LogP contribution >= 0.6 is 0 Å². The van der Waals surface area contributed by atoms with E-state index in [0.717, 1.165) is 39.6 Å². The topological polar surface area (TPSA) is 120 Å². The van der Waals surface area contributed by atoms with Crippen molar-refractivity contribution in [1.82, 2.24) is 0 Å². The van der Waals surface area contributed by atoms with E-state index in [1.165, 1.54) is 4.90 Å². The van der Waals surface area contributed by atoms with Gasteiger partial charge in [0.25, 0.3) is 0 Å². The number of carbonyl (C=O) groups excluding carboxylic acids is 4. The molecule has 2 aliphatic heterocycles. The third-order valence-electron chi connectivity index (χ3n) is 5.26. The molecule has 0 bridgehead atoms. The lowest BCUT2D eigenvalue weighted by Crippen LogP contribution is -2.48. The smallest absolute Gasteiger partial charge is 0.355 e. The molecule has 164 valence electrons. The van der Waals surface area contributed by atoms with Crippen molar-refractivity contribution in [2.24, 2.45) is 0 Å². The van der Waals surface area contributed by atoms with E-state index in [-0.39, 0.29) is 11.3 Å². The fraction of sp³-hybridized carbons (Fsp3) is 0.333. The van der Waals surface area contributed by atoms with Gasteiger partial charge in [-0.1, -0.05) is 0 Å². The second kappa shape index (κ2) is 8.13. The molecule has 0 saturated carbocycles. The molecule has 2 heterocycles. The van der Waals surface area contributed by atoms with Crippen molar-refractivity contribution >= 4 is 35.3 Å². The third kappa shape index (κ3) is 3.29. The normalized spacial score (nSPS) is 16.8. The molecule has 1 N–H and O–H groups in total. The Hall–Kier alpha value is -3.82. The number of nitrogens with zero attached hydrogens (tertiary/aromatic N) is 1. The van der Waals surface area contributed by atoms with Crippen LogP contribution < -0.4 is 10.2 Å². The molecule has 0 saturated heterocycles. The average molecular weight is 430 g/mol. The van der Waals surface area contributed by atoms with Crippen LogP contribution in [0.4, 0.5) is 11.4 Å². The van der Waals surface area contributed by atoms with Crippen LogP contribution in [0.5, 0.6) is 0 Å². The van der Waals surface area contributed by atoms with Crippen LogP contribution in [0.3, 0.4) is 0 Å². The quantitative estimate of drug-likeness (QED) is 0.549. The minimum atomic E-state index is -1.03. The highest BCUT2D eigenvalue weighted by Crippen LogP contribution is 2.46. The lowest BCUT2D eigenvalue weighted by Gasteiger charge is -2.35. The highest BCUT2D eigenvalue weighted by atomic mass is 16.5. The van der Waals surface area contributed by atoms with Gasteiger partial charge in [0, 0.05) is 0 Å². The number of esters is 4. The summed E-state index contributed by atoms with van der Waals surface area (Å²) in [4.78, 5) is 52.6. The standard InChI is InChI=1S/C21H22N2O8/c1-9-7-11-12(8-10(9)2)23-16(21(27)31-6)14(19(25)29-4)13(18(24)28-3)15(17(23)22-11)20(26)30-5/h7-8,17,22H,1-6H3. The van der Waals surface area contributed by atoms with Crippen molar-refractivity contribution < 1.29 is 38.1 Å². The first-order chi connectivity index (χ1) is 14.7. The van der Waals surface area contributed by atoms with Gasteiger partial charge in [0.1, 0.15) is 17.4 Å². The van der Waals surface area contributed by atoms with Crippen molar-refractivity contribution in [2.45, 2.75) is 20.0 Å². The monoisotopic (exact) mass is 430 g/mol. The molecule has 1 aromatic rings. The number of rotatable bonds is 4. The molecule has 0 amide bonds. The van der Waals surface area contributed by atoms with Crippen molar-refractivity contribution in [1.29, 1.82) is 0 Å². The van der Waals surface area contributed by atoms with E-state index in [1.54, 1.807) is 6.07 Å². The zero-order valence-corrected chi connectivity index (χ0v) is 17.9. The predicted molar refractivity (Wildman–Crippen MR) is 108 cm³/mol. The number of carbonyl (C=O) groups is 4. The number of hydrogen-bond donors (Lipinski definition) is 1. The summed E-state index contributed by atoms with van der Waals surface area (Å²) in [6.45, 7) is 3.79. The van der Waals surface area contributed by atoms with E-state index in [0.29, 0.717) is 11.4 Å². The Bertz CT molecular complexity index is 1070. The Morgan fingerprint density at radius 1 is 0.774 bits per heavy atom. The molecule has 0 aliphatic carbocycles. The zero-order chi connectivity index (χ0) is 23.0. The number of aryl methyl sites for hydroxylation is 2. The van der Waals surface area contributed by atoms with E-state index in [1.807, 2.05) is 19.9 Å². The number of fused-ring (bicyclic) bond motifs is 3. The van der Waals surface area contributed by atoms with Gasteiger partial charge in [-0.3, -0.25) is 0 Å². The Labute approximate surface area is 178 Å². The van der Waals surface area contributed by atoms with E-state index in [2.05, 4.69) is 5.32 Å². The minimum absolute atomic E-state index is 0.200. The summed E-state index contributed by atoms with van der Waals surface area (Å²) in [6.07, 6.45) is -1.03. The van der Waals surface area contributed by atoms with Crippen LogP contribution in [-0.4, -0.2) is 58.5 Å². The van der Waals surface area contributed by atoms with Gasteiger partial charge < -0.3 is 29.2 Å². The van der Waals surface area contributed by atoms with Crippen molar-refractivity contribution in [3.63, 3.8) is 0 Å². The summed E-state index contributed by atoms with van der Waals surface area (Å²) < 4.78 is 19.5. The summed E-state index contributed by atoms with van der Waals surface area (Å²) in [7, 11) is 4.46. The van der Waals surface area contributed by atoms with E-state index < -0.39 is 41.2 Å². The molecule has 1 atom stereocenters. The Kier molecular flexibility index (Phi) is 5.74. The summed E-state index contributed by atoms with van der Waals surface area (Å²) in [5, 5.41) is 3.13. The second-order valence-corrected chi connectivity index (χ2v) is 6.85. The average Bonchev–Trinajstić information content (AvgIpc) is 3.12. The largest absolute Gasteiger partial charge is 0.466 e. The summed E-state index contributed by atoms with van der Waals surface area (Å²) in [5.41, 5.74) is 1.62. The van der Waals surface area contributed by atoms with E-state index in [9.17, 15) is 19.2 Å². The van der Waals surface area contributed by atoms with Gasteiger partial charge in [0.15, 0.2) is 0 Å². The van der Waals surface area contributed by atoms with Gasteiger partial charge in [-0.2, -0.15) is 0 Å². The van der Waals surface area contributed by atoms with Gasteiger partial charge in [-0.05, 0) is 37.1 Å². The lowest BCUT2D eigenvalue weighted by molar-refractivity contribution is -0.142. The number of hydrogen-bond acceptors (Lipinski definition) is 10. The van der Waals surface area contributed by atoms with Gasteiger partial charge >= 0.3 is 23.9 Å². The van der Waals surface area contributed by atoms with Crippen molar-refractivity contribution in [2.75, 3.05) is 38.7 Å². The third-order valence-corrected chi connectivity index (χ3v) is 5.26. The van der Waals surface area contributed by atoms with Crippen molar-refractivity contribution in [3.05, 3.63) is 45.7 Å².